The molecule has 3 amide bonds. The van der Waals surface area contributed by atoms with Crippen molar-refractivity contribution in [3.8, 4) is 0 Å². The fourth-order valence-electron chi connectivity index (χ4n) is 2.67. The Labute approximate surface area is 123 Å². The average molecular weight is 286 g/mol. The van der Waals surface area contributed by atoms with Gasteiger partial charge in [0.2, 0.25) is 5.91 Å². The zero-order chi connectivity index (χ0) is 15.0. The van der Waals surface area contributed by atoms with Gasteiger partial charge in [-0.2, -0.15) is 0 Å². The molecule has 3 rings (SSSR count). The van der Waals surface area contributed by atoms with Gasteiger partial charge in [0.25, 0.3) is 0 Å². The van der Waals surface area contributed by atoms with Crippen molar-refractivity contribution in [1.82, 2.24) is 10.2 Å². The maximum Gasteiger partial charge on any atom is 0.330 e. The number of benzene rings is 1. The smallest absolute Gasteiger partial charge is 0.330 e. The van der Waals surface area contributed by atoms with Crippen LogP contribution in [0.5, 0.6) is 0 Å². The summed E-state index contributed by atoms with van der Waals surface area (Å²) in [7, 11) is 0. The van der Waals surface area contributed by atoms with E-state index in [-0.39, 0.29) is 24.5 Å². The van der Waals surface area contributed by atoms with Crippen molar-refractivity contribution >= 4 is 23.5 Å². The predicted molar refractivity (Wildman–Crippen MR) is 80.6 cm³/mol. The first-order valence-corrected chi connectivity index (χ1v) is 7.10. The van der Waals surface area contributed by atoms with Crippen LogP contribution in [-0.4, -0.2) is 48.3 Å². The molecule has 0 aliphatic carbocycles. The lowest BCUT2D eigenvalue weighted by Crippen LogP contribution is -2.53. The van der Waals surface area contributed by atoms with Crippen LogP contribution >= 0.6 is 0 Å². The largest absolute Gasteiger partial charge is 0.352 e. The lowest BCUT2D eigenvalue weighted by molar-refractivity contribution is -0.120. The third-order valence-corrected chi connectivity index (χ3v) is 3.49. The first kappa shape index (κ1) is 13.6. The minimum absolute atomic E-state index is 0.0256. The van der Waals surface area contributed by atoms with E-state index >= 15 is 0 Å². The Morgan fingerprint density at radius 2 is 2.14 bits per heavy atom. The van der Waals surface area contributed by atoms with Gasteiger partial charge >= 0.3 is 6.03 Å². The van der Waals surface area contributed by atoms with E-state index in [2.05, 4.69) is 10.3 Å². The summed E-state index contributed by atoms with van der Waals surface area (Å²) in [6, 6.07) is 7.45. The van der Waals surface area contributed by atoms with Gasteiger partial charge in [-0.15, -0.1) is 0 Å². The van der Waals surface area contributed by atoms with Crippen LogP contribution in [0.25, 0.3) is 0 Å². The monoisotopic (exact) mass is 286 g/mol. The SMILES string of the molecule is CC(C)NC(=O)CN1C(=O)N2CCN=C2c2ccccc21. The molecule has 21 heavy (non-hydrogen) atoms. The van der Waals surface area contributed by atoms with Gasteiger partial charge < -0.3 is 5.32 Å². The molecule has 1 aromatic rings. The Hall–Kier alpha value is -2.37. The number of aliphatic imine (C=N–C) groups is 1. The molecule has 6 nitrogen and oxygen atoms in total. The number of amides is 3. The Balaban J connectivity index is 1.94. The highest BCUT2D eigenvalue weighted by Gasteiger charge is 2.37. The van der Waals surface area contributed by atoms with Gasteiger partial charge in [0.15, 0.2) is 0 Å². The molecule has 0 saturated heterocycles. The number of nitrogens with zero attached hydrogens (tertiary/aromatic N) is 3. The van der Waals surface area contributed by atoms with Crippen molar-refractivity contribution in [3.05, 3.63) is 29.8 Å². The number of urea groups is 1. The van der Waals surface area contributed by atoms with E-state index < -0.39 is 0 Å². The van der Waals surface area contributed by atoms with Gasteiger partial charge in [0.05, 0.1) is 12.2 Å². The van der Waals surface area contributed by atoms with Crippen LogP contribution in [-0.2, 0) is 4.79 Å². The quantitative estimate of drug-likeness (QED) is 0.907. The molecule has 0 atom stereocenters. The normalized spacial score (nSPS) is 16.7. The molecule has 0 unspecified atom stereocenters. The van der Waals surface area contributed by atoms with Gasteiger partial charge in [-0.05, 0) is 26.0 Å². The van der Waals surface area contributed by atoms with E-state index in [1.807, 2.05) is 38.1 Å². The number of carbonyl (C=O) groups is 2. The van der Waals surface area contributed by atoms with Crippen LogP contribution in [0, 0.1) is 0 Å². The van der Waals surface area contributed by atoms with Crippen molar-refractivity contribution in [1.29, 1.82) is 0 Å². The summed E-state index contributed by atoms with van der Waals surface area (Å²) < 4.78 is 0. The number of hydrogen-bond donors (Lipinski definition) is 1. The van der Waals surface area contributed by atoms with Crippen LogP contribution in [0.4, 0.5) is 10.5 Å². The van der Waals surface area contributed by atoms with Crippen LogP contribution in [0.3, 0.4) is 0 Å². The molecule has 0 spiro atoms. The molecule has 2 aliphatic rings. The van der Waals surface area contributed by atoms with Crippen molar-refractivity contribution in [3.63, 3.8) is 0 Å². The summed E-state index contributed by atoms with van der Waals surface area (Å²) in [6.45, 7) is 5.01. The molecule has 2 heterocycles. The average Bonchev–Trinajstić information content (AvgIpc) is 2.92. The van der Waals surface area contributed by atoms with E-state index in [1.54, 1.807) is 4.90 Å². The predicted octanol–water partition coefficient (Wildman–Crippen LogP) is 1.21. The molecule has 110 valence electrons. The van der Waals surface area contributed by atoms with Gasteiger partial charge in [-0.1, -0.05) is 12.1 Å². The highest BCUT2D eigenvalue weighted by Crippen LogP contribution is 2.30. The van der Waals surface area contributed by atoms with Crippen molar-refractivity contribution in [2.45, 2.75) is 19.9 Å². The third-order valence-electron chi connectivity index (χ3n) is 3.49. The molecule has 1 N–H and O–H groups in total. The number of rotatable bonds is 3. The van der Waals surface area contributed by atoms with Gasteiger partial charge in [-0.25, -0.2) is 4.79 Å². The van der Waals surface area contributed by atoms with E-state index in [0.29, 0.717) is 13.1 Å². The third kappa shape index (κ3) is 2.37. The second-order valence-electron chi connectivity index (χ2n) is 5.47. The Morgan fingerprint density at radius 1 is 1.38 bits per heavy atom. The fourth-order valence-corrected chi connectivity index (χ4v) is 2.67. The molecule has 2 aliphatic heterocycles. The van der Waals surface area contributed by atoms with E-state index in [0.717, 1.165) is 17.1 Å². The summed E-state index contributed by atoms with van der Waals surface area (Å²) in [5, 5.41) is 2.82. The number of para-hydroxylation sites is 1. The van der Waals surface area contributed by atoms with Gasteiger partial charge in [0.1, 0.15) is 12.4 Å². The first-order valence-electron chi connectivity index (χ1n) is 7.10. The first-order chi connectivity index (χ1) is 10.1. The summed E-state index contributed by atoms with van der Waals surface area (Å²) in [5.41, 5.74) is 1.66. The Kier molecular flexibility index (Phi) is 3.37. The fraction of sp³-hybridized carbons (Fsp3) is 0.400. The summed E-state index contributed by atoms with van der Waals surface area (Å²) >= 11 is 0. The summed E-state index contributed by atoms with van der Waals surface area (Å²) in [5.74, 6) is 0.559. The molecule has 0 fully saturated rings. The maximum atomic E-state index is 12.6. The lowest BCUT2D eigenvalue weighted by Gasteiger charge is -2.35. The number of fused-ring (bicyclic) bond motifs is 3. The molecular formula is C15H18N4O2. The molecule has 0 saturated carbocycles. The molecule has 0 bridgehead atoms. The number of hydrogen-bond acceptors (Lipinski definition) is 3. The second kappa shape index (κ2) is 5.20. The Morgan fingerprint density at radius 3 is 2.90 bits per heavy atom. The standard InChI is InChI=1S/C15H18N4O2/c1-10(2)17-13(20)9-19-12-6-4-3-5-11(12)14-16-7-8-18(14)15(19)21/h3-6,10H,7-9H2,1-2H3,(H,17,20). The van der Waals surface area contributed by atoms with Crippen LogP contribution in [0.15, 0.2) is 29.3 Å². The van der Waals surface area contributed by atoms with Crippen LogP contribution < -0.4 is 10.2 Å². The van der Waals surface area contributed by atoms with Gasteiger partial charge in [-0.3, -0.25) is 19.6 Å². The molecular weight excluding hydrogens is 268 g/mol. The maximum absolute atomic E-state index is 12.6. The van der Waals surface area contributed by atoms with Crippen LogP contribution in [0.1, 0.15) is 19.4 Å². The summed E-state index contributed by atoms with van der Waals surface area (Å²) in [4.78, 5) is 32.2. The number of carbonyl (C=O) groups excluding carboxylic acids is 2. The van der Waals surface area contributed by atoms with Crippen LogP contribution in [0.2, 0.25) is 0 Å². The summed E-state index contributed by atoms with van der Waals surface area (Å²) in [6.07, 6.45) is 0. The number of anilines is 1. The molecule has 6 heteroatoms. The molecule has 1 aromatic carbocycles. The van der Waals surface area contributed by atoms with E-state index in [9.17, 15) is 9.59 Å². The Bertz CT molecular complexity index is 624. The highest BCUT2D eigenvalue weighted by atomic mass is 16.2. The zero-order valence-electron chi connectivity index (χ0n) is 12.2. The second-order valence-corrected chi connectivity index (χ2v) is 5.47. The van der Waals surface area contributed by atoms with Crippen molar-refractivity contribution in [2.24, 2.45) is 4.99 Å². The van der Waals surface area contributed by atoms with E-state index in [1.165, 1.54) is 4.90 Å². The minimum Gasteiger partial charge on any atom is -0.352 e. The van der Waals surface area contributed by atoms with Crippen molar-refractivity contribution in [2.75, 3.05) is 24.5 Å². The van der Waals surface area contributed by atoms with Gasteiger partial charge in [0, 0.05) is 18.2 Å². The molecule has 0 aromatic heterocycles. The zero-order valence-corrected chi connectivity index (χ0v) is 12.2. The number of nitrogens with one attached hydrogen (secondary N) is 1. The van der Waals surface area contributed by atoms with Crippen molar-refractivity contribution < 1.29 is 9.59 Å². The lowest BCUT2D eigenvalue weighted by atomic mass is 10.1. The minimum atomic E-state index is -0.177. The molecule has 0 radical (unpaired) electrons. The highest BCUT2D eigenvalue weighted by molar-refractivity contribution is 6.20. The van der Waals surface area contributed by atoms with E-state index in [4.69, 9.17) is 0 Å². The topological polar surface area (TPSA) is 65.0 Å². The number of amidine groups is 1.